The van der Waals surface area contributed by atoms with Crippen LogP contribution >= 0.6 is 0 Å². The predicted octanol–water partition coefficient (Wildman–Crippen LogP) is -0.385. The number of rotatable bonds is 38. The largest absolute Gasteiger partial charge is 0.489 e. The van der Waals surface area contributed by atoms with Crippen LogP contribution in [-0.4, -0.2) is 182 Å². The quantitative estimate of drug-likeness (QED) is 0.00772. The van der Waals surface area contributed by atoms with E-state index in [1.807, 2.05) is 48.5 Å². The lowest BCUT2D eigenvalue weighted by Gasteiger charge is -2.30. The molecule has 4 heterocycles. The number of amides is 11. The number of aromatic nitrogens is 3. The Kier molecular flexibility index (Phi) is 27.9. The zero-order valence-electron chi connectivity index (χ0n) is 56.4. The molecular weight excluding hydrogens is 1320 g/mol. The van der Waals surface area contributed by atoms with Crippen molar-refractivity contribution in [1.29, 1.82) is 0 Å². The highest BCUT2D eigenvalue weighted by Crippen LogP contribution is 2.24. The summed E-state index contributed by atoms with van der Waals surface area (Å²) < 4.78 is 12.1. The Balaban J connectivity index is 1.04. The summed E-state index contributed by atoms with van der Waals surface area (Å²) in [6, 6.07) is 21.3. The van der Waals surface area contributed by atoms with Gasteiger partial charge >= 0.3 is 5.91 Å². The third-order valence-electron chi connectivity index (χ3n) is 16.8. The van der Waals surface area contributed by atoms with Crippen LogP contribution in [0.15, 0.2) is 133 Å². The third-order valence-corrected chi connectivity index (χ3v) is 16.8. The minimum Gasteiger partial charge on any atom is -0.489 e. The van der Waals surface area contributed by atoms with Crippen molar-refractivity contribution in [2.45, 2.75) is 140 Å². The van der Waals surface area contributed by atoms with Crippen LogP contribution in [0.4, 0.5) is 0 Å². The zero-order chi connectivity index (χ0) is 73.2. The summed E-state index contributed by atoms with van der Waals surface area (Å²) >= 11 is 0. The molecule has 0 bridgehead atoms. The van der Waals surface area contributed by atoms with Gasteiger partial charge in [0, 0.05) is 67.8 Å². The molecule has 2 aliphatic heterocycles. The molecule has 2 aliphatic rings. The average molecular weight is 1410 g/mol. The SMILES string of the molecule is CC(C)C[C@H](NC(=O)CNC(=O)[C@H](Cc1ccc(OCc2ccccc2)cc1)NC(=O)[C@H](COCc1ccccc1)NC(=O)[C@H](Cc1c[nH]c2ccccc12)NC(=O)[C@H](Cc1cnc[nH]1)NC(=O)[C@@H]1CCC(=O)N1)C(=O)N[C@@H](CCCN=C(N)N)C(=O)N1CCC[C@H]1C(=O)N(CC(N)=O)[N+](=O)[O-]. The third kappa shape index (κ3) is 22.9. The van der Waals surface area contributed by atoms with Crippen LogP contribution in [0.25, 0.3) is 10.9 Å². The molecule has 0 aliphatic carbocycles. The number of ether oxygens (including phenoxy) is 2. The maximum absolute atomic E-state index is 15.1. The van der Waals surface area contributed by atoms with E-state index in [-0.39, 0.29) is 113 Å². The van der Waals surface area contributed by atoms with E-state index in [9.17, 15) is 53.3 Å². The number of hydrazine groups is 1. The Hall–Kier alpha value is -11.8. The summed E-state index contributed by atoms with van der Waals surface area (Å²) in [6.45, 7) is 1.35. The van der Waals surface area contributed by atoms with Gasteiger partial charge in [-0.15, -0.1) is 0 Å². The summed E-state index contributed by atoms with van der Waals surface area (Å²) in [4.78, 5) is 181. The lowest BCUT2D eigenvalue weighted by atomic mass is 10.0. The van der Waals surface area contributed by atoms with E-state index in [0.717, 1.165) is 16.0 Å². The lowest BCUT2D eigenvalue weighted by Crippen LogP contribution is -2.60. The van der Waals surface area contributed by atoms with Gasteiger partial charge in [0.2, 0.25) is 59.1 Å². The van der Waals surface area contributed by atoms with Crippen molar-refractivity contribution in [3.63, 3.8) is 0 Å². The van der Waals surface area contributed by atoms with E-state index < -0.39 is 132 Å². The van der Waals surface area contributed by atoms with Crippen LogP contribution in [0.5, 0.6) is 5.75 Å². The fourth-order valence-electron chi connectivity index (χ4n) is 11.7. The van der Waals surface area contributed by atoms with Crippen molar-refractivity contribution in [2.75, 3.05) is 32.8 Å². The molecule has 6 aromatic rings. The molecule has 2 aromatic heterocycles. The first-order valence-corrected chi connectivity index (χ1v) is 33.4. The summed E-state index contributed by atoms with van der Waals surface area (Å²) in [6.07, 6.45) is 4.55. The number of hydrogen-bond acceptors (Lipinski definition) is 17. The number of primary amides is 1. The molecule has 2 fully saturated rings. The standard InChI is InChI=1S/C69H86N18O15/c1-41(2)29-52(63(93)80-51(19-11-27-74-69(71)72)67(97)85-28-12-20-57(85)68(98)86(87(99)100)36-58(70)88)79-60(90)35-76-61(91)53(30-42-21-23-47(24-22-42)102-38-44-15-7-4-8-16-44)81-66(96)56(39-101-37-43-13-5-3-6-14-43)84-64(94)54(31-45-33-75-49-18-10-9-17-48(45)49)82-65(95)55(32-46-34-73-40-77-46)83-62(92)50-25-26-59(89)78-50/h3-10,13-18,21-24,33-34,40-41,50-57,75H,11-12,19-20,25-32,35-39H2,1-2H3,(H2,70,88)(H,73,77)(H,76,91)(H,78,89)(H,79,90)(H,80,93)(H,81,96)(H,82,95)(H,83,92)(H,84,94)(H4,71,72,74)/t50-,51-,52-,53-,54-,55-,56-,57-/m0/s1. The summed E-state index contributed by atoms with van der Waals surface area (Å²) in [5.74, 6) is -9.41. The molecule has 8 rings (SSSR count). The van der Waals surface area contributed by atoms with Gasteiger partial charge in [-0.25, -0.2) is 15.1 Å². The summed E-state index contributed by atoms with van der Waals surface area (Å²) in [5, 5.41) is 33.1. The normalized spacial score (nSPS) is 15.8. The Morgan fingerprint density at radius 2 is 1.33 bits per heavy atom. The molecule has 11 amide bonds. The van der Waals surface area contributed by atoms with Gasteiger partial charge in [-0.05, 0) is 89.9 Å². The predicted molar refractivity (Wildman–Crippen MR) is 369 cm³/mol. The highest BCUT2D eigenvalue weighted by Gasteiger charge is 2.44. The number of aliphatic imine (C=N–C) groups is 1. The number of hydrogen-bond donors (Lipinski definition) is 13. The average Bonchev–Trinajstić information content (AvgIpc) is 1.62. The van der Waals surface area contributed by atoms with E-state index in [4.69, 9.17) is 26.7 Å². The van der Waals surface area contributed by atoms with Gasteiger partial charge in [-0.3, -0.25) is 57.7 Å². The maximum Gasteiger partial charge on any atom is 0.306 e. The van der Waals surface area contributed by atoms with Crippen LogP contribution in [0, 0.1) is 16.0 Å². The molecule has 0 spiro atoms. The lowest BCUT2D eigenvalue weighted by molar-refractivity contribution is -0.632. The summed E-state index contributed by atoms with van der Waals surface area (Å²) in [7, 11) is 0. The fourth-order valence-corrected chi connectivity index (χ4v) is 11.7. The molecule has 33 nitrogen and oxygen atoms in total. The molecule has 4 aromatic carbocycles. The maximum atomic E-state index is 15.1. The first-order chi connectivity index (χ1) is 49.0. The van der Waals surface area contributed by atoms with Crippen molar-refractivity contribution in [1.82, 2.24) is 67.4 Å². The number of aromatic amines is 2. The topological polar surface area (TPSA) is 487 Å². The highest BCUT2D eigenvalue weighted by atomic mass is 16.7. The van der Waals surface area contributed by atoms with Crippen LogP contribution < -0.4 is 64.5 Å². The van der Waals surface area contributed by atoms with E-state index in [0.29, 0.717) is 33.5 Å². The number of guanidine groups is 1. The number of H-pyrrole nitrogens is 2. The van der Waals surface area contributed by atoms with Crippen LogP contribution in [0.2, 0.25) is 0 Å². The minimum atomic E-state index is -1.60. The van der Waals surface area contributed by atoms with Gasteiger partial charge in [0.25, 0.3) is 0 Å². The summed E-state index contributed by atoms with van der Waals surface area (Å²) in [5.41, 5.74) is 20.2. The van der Waals surface area contributed by atoms with E-state index in [1.54, 1.807) is 80.7 Å². The van der Waals surface area contributed by atoms with Crippen LogP contribution in [0.1, 0.15) is 86.7 Å². The van der Waals surface area contributed by atoms with Gasteiger partial charge in [0.15, 0.2) is 17.5 Å². The fraction of sp³-hybridized carbons (Fsp3) is 0.406. The number of imidazole rings is 1. The zero-order valence-corrected chi connectivity index (χ0v) is 56.4. The molecule has 33 heteroatoms. The van der Waals surface area contributed by atoms with Gasteiger partial charge in [0.05, 0.1) is 26.1 Å². The second kappa shape index (κ2) is 37.4. The van der Waals surface area contributed by atoms with Crippen molar-refractivity contribution in [2.24, 2.45) is 28.1 Å². The second-order valence-corrected chi connectivity index (χ2v) is 25.1. The molecule has 542 valence electrons. The number of carbonyl (C=O) groups excluding carboxylic acids is 11. The molecule has 16 N–H and O–H groups in total. The van der Waals surface area contributed by atoms with Crippen molar-refractivity contribution in [3.05, 3.63) is 166 Å². The minimum absolute atomic E-state index is 0.00465. The number of nitrogens with two attached hydrogens (primary N) is 3. The smallest absolute Gasteiger partial charge is 0.306 e. The van der Waals surface area contributed by atoms with Crippen LogP contribution in [-0.2, 0) is 90.0 Å². The molecule has 2 saturated heterocycles. The molecule has 0 saturated carbocycles. The molecule has 0 radical (unpaired) electrons. The molecule has 0 unspecified atom stereocenters. The van der Waals surface area contributed by atoms with Crippen molar-refractivity contribution >= 4 is 81.8 Å². The first kappa shape index (κ1) is 76.0. The molecular formula is C69H86N18O15. The van der Waals surface area contributed by atoms with Crippen molar-refractivity contribution in [3.8, 4) is 5.75 Å². The van der Waals surface area contributed by atoms with Gasteiger partial charge in [-0.2, -0.15) is 0 Å². The van der Waals surface area contributed by atoms with E-state index in [1.165, 1.54) is 12.5 Å². The number of fused-ring (bicyclic) bond motifs is 1. The Morgan fingerprint density at radius 1 is 0.706 bits per heavy atom. The molecule has 102 heavy (non-hydrogen) atoms. The number of nitrogens with zero attached hydrogens (tertiary/aromatic N) is 5. The number of carbonyl (C=O) groups is 11. The second-order valence-electron chi connectivity index (χ2n) is 25.1. The Bertz CT molecular complexity index is 3930. The number of benzene rings is 4. The van der Waals surface area contributed by atoms with Crippen LogP contribution in [0.3, 0.4) is 0 Å². The highest BCUT2D eigenvalue weighted by molar-refractivity contribution is 5.99. The van der Waals surface area contributed by atoms with Gasteiger partial charge in [-0.1, -0.05) is 105 Å². The number of nitrogens with one attached hydrogen (secondary N) is 10. The Labute approximate surface area is 586 Å². The monoisotopic (exact) mass is 1410 g/mol. The van der Waals surface area contributed by atoms with E-state index >= 15 is 9.59 Å². The number of para-hydroxylation sites is 1. The first-order valence-electron chi connectivity index (χ1n) is 33.4. The number of likely N-dealkylation sites (tertiary alicyclic amines) is 1. The Morgan fingerprint density at radius 3 is 1.97 bits per heavy atom. The molecule has 8 atom stereocenters. The van der Waals surface area contributed by atoms with Crippen molar-refractivity contribution < 1.29 is 67.2 Å². The van der Waals surface area contributed by atoms with Gasteiger partial charge in [0.1, 0.15) is 60.7 Å². The van der Waals surface area contributed by atoms with Gasteiger partial charge < -0.3 is 84.1 Å². The van der Waals surface area contributed by atoms with E-state index in [2.05, 4.69) is 62.5 Å². The number of nitro groups is 1.